The van der Waals surface area contributed by atoms with E-state index < -0.39 is 5.82 Å². The van der Waals surface area contributed by atoms with Crippen LogP contribution in [0.5, 0.6) is 0 Å². The van der Waals surface area contributed by atoms with Crippen LogP contribution < -0.4 is 4.90 Å². The highest BCUT2D eigenvalue weighted by Gasteiger charge is 2.25. The molecule has 0 aliphatic carbocycles. The van der Waals surface area contributed by atoms with Crippen LogP contribution in [0.4, 0.5) is 10.2 Å². The van der Waals surface area contributed by atoms with Gasteiger partial charge >= 0.3 is 0 Å². The fraction of sp³-hybridized carbons (Fsp3) is 0.379. The van der Waals surface area contributed by atoms with Crippen molar-refractivity contribution in [1.82, 2.24) is 20.0 Å². The van der Waals surface area contributed by atoms with Crippen molar-refractivity contribution in [2.24, 2.45) is 5.92 Å². The van der Waals surface area contributed by atoms with Gasteiger partial charge in [-0.1, -0.05) is 43.6 Å². The normalized spacial score (nSPS) is 13.9. The SMILES string of the molecule is CC(C)CCN(CC(=O)N1CCCN(c2ccc(-c3ccccc3Cl)nn2)CC1)C(=O)c1ccc(F)cc1. The highest BCUT2D eigenvalue weighted by Crippen LogP contribution is 2.26. The Morgan fingerprint density at radius 2 is 1.74 bits per heavy atom. The third-order valence-corrected chi connectivity index (χ3v) is 6.98. The van der Waals surface area contributed by atoms with Crippen LogP contribution in [0.3, 0.4) is 0 Å². The Labute approximate surface area is 228 Å². The predicted octanol–water partition coefficient (Wildman–Crippen LogP) is 5.16. The molecule has 7 nitrogen and oxygen atoms in total. The minimum atomic E-state index is -0.399. The molecule has 0 spiro atoms. The summed E-state index contributed by atoms with van der Waals surface area (Å²) in [6.07, 6.45) is 1.55. The van der Waals surface area contributed by atoms with Crippen LogP contribution in [-0.4, -0.2) is 71.1 Å². The molecule has 1 aliphatic rings. The number of carbonyl (C=O) groups is 2. The largest absolute Gasteiger partial charge is 0.353 e. The Bertz CT molecular complexity index is 1240. The quantitative estimate of drug-likeness (QED) is 0.397. The van der Waals surface area contributed by atoms with Gasteiger partial charge in [-0.2, -0.15) is 0 Å². The fourth-order valence-electron chi connectivity index (χ4n) is 4.41. The van der Waals surface area contributed by atoms with Gasteiger partial charge in [-0.15, -0.1) is 10.2 Å². The number of amides is 2. The van der Waals surface area contributed by atoms with E-state index in [1.807, 2.05) is 41.3 Å². The van der Waals surface area contributed by atoms with Crippen LogP contribution in [0.25, 0.3) is 11.3 Å². The molecule has 2 heterocycles. The van der Waals surface area contributed by atoms with E-state index in [2.05, 4.69) is 28.9 Å². The molecule has 1 saturated heterocycles. The van der Waals surface area contributed by atoms with E-state index in [0.717, 1.165) is 30.8 Å². The molecule has 0 bridgehead atoms. The van der Waals surface area contributed by atoms with Gasteiger partial charge in [-0.05, 0) is 61.2 Å². The second-order valence-electron chi connectivity index (χ2n) is 9.89. The molecule has 200 valence electrons. The Morgan fingerprint density at radius 3 is 2.42 bits per heavy atom. The lowest BCUT2D eigenvalue weighted by Crippen LogP contribution is -2.44. The van der Waals surface area contributed by atoms with Crippen LogP contribution in [0.15, 0.2) is 60.7 Å². The molecule has 1 fully saturated rings. The van der Waals surface area contributed by atoms with Gasteiger partial charge in [0, 0.05) is 43.9 Å². The average molecular weight is 538 g/mol. The summed E-state index contributed by atoms with van der Waals surface area (Å²) in [6, 6.07) is 16.8. The zero-order chi connectivity index (χ0) is 27.1. The second kappa shape index (κ2) is 12.8. The van der Waals surface area contributed by atoms with Crippen molar-refractivity contribution < 1.29 is 14.0 Å². The first-order chi connectivity index (χ1) is 18.3. The van der Waals surface area contributed by atoms with Crippen molar-refractivity contribution in [1.29, 1.82) is 0 Å². The number of aromatic nitrogens is 2. The summed E-state index contributed by atoms with van der Waals surface area (Å²) < 4.78 is 13.4. The van der Waals surface area contributed by atoms with E-state index in [9.17, 15) is 14.0 Å². The van der Waals surface area contributed by atoms with Crippen molar-refractivity contribution in [3.8, 4) is 11.3 Å². The van der Waals surface area contributed by atoms with Gasteiger partial charge in [-0.25, -0.2) is 4.39 Å². The molecule has 2 aromatic carbocycles. The Balaban J connectivity index is 1.39. The monoisotopic (exact) mass is 537 g/mol. The van der Waals surface area contributed by atoms with E-state index in [0.29, 0.717) is 48.4 Å². The average Bonchev–Trinajstić information content (AvgIpc) is 3.18. The molecular weight excluding hydrogens is 505 g/mol. The van der Waals surface area contributed by atoms with E-state index in [1.165, 1.54) is 24.3 Å². The van der Waals surface area contributed by atoms with Crippen LogP contribution in [0.1, 0.15) is 37.0 Å². The third kappa shape index (κ3) is 7.07. The minimum absolute atomic E-state index is 0.00470. The Hall–Kier alpha value is -3.52. The summed E-state index contributed by atoms with van der Waals surface area (Å²) >= 11 is 6.29. The summed E-state index contributed by atoms with van der Waals surface area (Å²) in [7, 11) is 0. The summed E-state index contributed by atoms with van der Waals surface area (Å²) in [4.78, 5) is 31.9. The van der Waals surface area contributed by atoms with Gasteiger partial charge in [0.2, 0.25) is 5.91 Å². The standard InChI is InChI=1S/C29H33ClFN5O2/c1-21(2)14-17-36(29(38)22-8-10-23(31)11-9-22)20-28(37)35-16-5-15-34(18-19-35)27-13-12-26(32-33-27)24-6-3-4-7-25(24)30/h3-4,6-13,21H,5,14-20H2,1-2H3. The van der Waals surface area contributed by atoms with E-state index in [4.69, 9.17) is 11.6 Å². The number of nitrogens with zero attached hydrogens (tertiary/aromatic N) is 5. The minimum Gasteiger partial charge on any atom is -0.353 e. The van der Waals surface area contributed by atoms with Gasteiger partial charge in [0.1, 0.15) is 12.4 Å². The highest BCUT2D eigenvalue weighted by atomic mass is 35.5. The van der Waals surface area contributed by atoms with E-state index in [1.54, 1.807) is 4.90 Å². The van der Waals surface area contributed by atoms with Gasteiger partial charge in [0.05, 0.1) is 10.7 Å². The highest BCUT2D eigenvalue weighted by molar-refractivity contribution is 6.33. The maximum atomic E-state index is 13.4. The van der Waals surface area contributed by atoms with Gasteiger partial charge in [-0.3, -0.25) is 9.59 Å². The van der Waals surface area contributed by atoms with Crippen LogP contribution in [0.2, 0.25) is 5.02 Å². The Kier molecular flexibility index (Phi) is 9.29. The topological polar surface area (TPSA) is 69.6 Å². The molecule has 38 heavy (non-hydrogen) atoms. The summed E-state index contributed by atoms with van der Waals surface area (Å²) in [5.41, 5.74) is 1.92. The molecule has 3 aromatic rings. The number of halogens is 2. The first-order valence-electron chi connectivity index (χ1n) is 13.0. The van der Waals surface area contributed by atoms with Crippen molar-refractivity contribution in [2.45, 2.75) is 26.7 Å². The fourth-order valence-corrected chi connectivity index (χ4v) is 4.64. The van der Waals surface area contributed by atoms with Crippen molar-refractivity contribution >= 4 is 29.2 Å². The number of carbonyl (C=O) groups excluding carboxylic acids is 2. The first kappa shape index (κ1) is 27.5. The van der Waals surface area contributed by atoms with Crippen LogP contribution in [-0.2, 0) is 4.79 Å². The van der Waals surface area contributed by atoms with Gasteiger partial charge in [0.15, 0.2) is 5.82 Å². The van der Waals surface area contributed by atoms with Gasteiger partial charge in [0.25, 0.3) is 5.91 Å². The molecule has 1 aliphatic heterocycles. The summed E-state index contributed by atoms with van der Waals surface area (Å²) in [5, 5.41) is 9.41. The van der Waals surface area contributed by atoms with Gasteiger partial charge < -0.3 is 14.7 Å². The summed E-state index contributed by atoms with van der Waals surface area (Å²) in [5.74, 6) is 0.380. The molecule has 0 saturated carbocycles. The van der Waals surface area contributed by atoms with E-state index in [-0.39, 0.29) is 18.4 Å². The number of hydrogen-bond acceptors (Lipinski definition) is 5. The molecule has 2 amide bonds. The molecule has 4 rings (SSSR count). The number of rotatable bonds is 8. The lowest BCUT2D eigenvalue weighted by atomic mass is 10.1. The van der Waals surface area contributed by atoms with Crippen molar-refractivity contribution in [3.63, 3.8) is 0 Å². The maximum absolute atomic E-state index is 13.4. The molecule has 9 heteroatoms. The van der Waals surface area contributed by atoms with Crippen molar-refractivity contribution in [3.05, 3.63) is 77.1 Å². The zero-order valence-corrected chi connectivity index (χ0v) is 22.6. The van der Waals surface area contributed by atoms with Crippen molar-refractivity contribution in [2.75, 3.05) is 44.2 Å². The number of anilines is 1. The maximum Gasteiger partial charge on any atom is 0.254 e. The molecule has 0 radical (unpaired) electrons. The second-order valence-corrected chi connectivity index (χ2v) is 10.3. The predicted molar refractivity (Wildman–Crippen MR) is 148 cm³/mol. The molecular formula is C29H33ClFN5O2. The van der Waals surface area contributed by atoms with Crippen LogP contribution >= 0.6 is 11.6 Å². The summed E-state index contributed by atoms with van der Waals surface area (Å²) in [6.45, 7) is 7.10. The third-order valence-electron chi connectivity index (χ3n) is 6.65. The lowest BCUT2D eigenvalue weighted by molar-refractivity contribution is -0.131. The molecule has 0 N–H and O–H groups in total. The number of hydrogen-bond donors (Lipinski definition) is 0. The zero-order valence-electron chi connectivity index (χ0n) is 21.8. The molecule has 0 atom stereocenters. The molecule has 1 aromatic heterocycles. The number of benzene rings is 2. The molecule has 0 unspecified atom stereocenters. The Morgan fingerprint density at radius 1 is 0.974 bits per heavy atom. The first-order valence-corrected chi connectivity index (χ1v) is 13.4. The van der Waals surface area contributed by atoms with E-state index >= 15 is 0 Å². The lowest BCUT2D eigenvalue weighted by Gasteiger charge is -2.27. The smallest absolute Gasteiger partial charge is 0.254 e. The van der Waals surface area contributed by atoms with Crippen LogP contribution in [0, 0.1) is 11.7 Å².